The fourth-order valence-electron chi connectivity index (χ4n) is 0.898. The Morgan fingerprint density at radius 1 is 1.36 bits per heavy atom. The average molecular weight is 170 g/mol. The third kappa shape index (κ3) is 3.53. The molecule has 0 aromatic heterocycles. The van der Waals surface area contributed by atoms with Crippen molar-refractivity contribution in [3.63, 3.8) is 0 Å². The minimum Gasteiger partial charge on any atom is -0.371 e. The zero-order valence-corrected chi connectivity index (χ0v) is 7.18. The molecule has 0 amide bonds. The van der Waals surface area contributed by atoms with Crippen LogP contribution in [0.25, 0.3) is 0 Å². The molecule has 0 saturated carbocycles. The lowest BCUT2D eigenvalue weighted by Gasteiger charge is -2.24. The van der Waals surface area contributed by atoms with Gasteiger partial charge in [-0.3, -0.25) is 4.90 Å². The molecule has 3 radical (unpaired) electrons. The first-order chi connectivity index (χ1) is 5.43. The van der Waals surface area contributed by atoms with Crippen molar-refractivity contribution in [1.29, 1.82) is 0 Å². The van der Waals surface area contributed by atoms with Gasteiger partial charge in [-0.25, -0.2) is 0 Å². The minimum absolute atomic E-state index is 0.995. The summed E-state index contributed by atoms with van der Waals surface area (Å²) in [5, 5.41) is 2.87. The van der Waals surface area contributed by atoms with Crippen molar-refractivity contribution in [2.45, 2.75) is 0 Å². The lowest BCUT2D eigenvalue weighted by molar-refractivity contribution is 0.353. The summed E-state index contributed by atoms with van der Waals surface area (Å²) in [5.41, 5.74) is 8.31. The Labute approximate surface area is 72.0 Å². The topological polar surface area (TPSA) is 37.6 Å². The van der Waals surface area contributed by atoms with Gasteiger partial charge < -0.3 is 5.32 Å². The summed E-state index contributed by atoms with van der Waals surface area (Å²) < 4.78 is 0. The third-order valence-corrected chi connectivity index (χ3v) is 2.42. The molecule has 0 aliphatic carbocycles. The van der Waals surface area contributed by atoms with Gasteiger partial charge in [0.2, 0.25) is 0 Å². The molecular weight excluding hydrogens is 158 g/mol. The number of thioether (sulfide) groups is 1. The number of hydrogen-bond donors (Lipinski definition) is 1. The summed E-state index contributed by atoms with van der Waals surface area (Å²) in [7, 11) is 0. The van der Waals surface area contributed by atoms with Gasteiger partial charge in [-0.05, 0) is 0 Å². The van der Waals surface area contributed by atoms with E-state index in [9.17, 15) is 0 Å². The Morgan fingerprint density at radius 2 is 2.09 bits per heavy atom. The van der Waals surface area contributed by atoms with Crippen molar-refractivity contribution in [3.05, 3.63) is 19.1 Å². The van der Waals surface area contributed by atoms with Gasteiger partial charge in [0.05, 0.1) is 6.20 Å². The van der Waals surface area contributed by atoms with Crippen molar-refractivity contribution < 1.29 is 0 Å². The standard InChI is InChI=1S/C7H12N3S/c8-1-2-9-7-10-3-5-11-6-4-10/h1-2,7,9H,3-6H2. The zero-order valence-electron chi connectivity index (χ0n) is 6.36. The molecule has 61 valence electrons. The van der Waals surface area contributed by atoms with Crippen LogP contribution in [-0.4, -0.2) is 29.5 Å². The van der Waals surface area contributed by atoms with E-state index < -0.39 is 0 Å². The van der Waals surface area contributed by atoms with E-state index in [1.807, 2.05) is 18.4 Å². The Hall–Kier alpha value is -0.350. The smallest absolute Gasteiger partial charge is 0.114 e. The first-order valence-corrected chi connectivity index (χ1v) is 4.79. The van der Waals surface area contributed by atoms with Crippen molar-refractivity contribution >= 4 is 11.8 Å². The van der Waals surface area contributed by atoms with Gasteiger partial charge in [-0.1, -0.05) is 0 Å². The molecule has 1 heterocycles. The fraction of sp³-hybridized carbons (Fsp3) is 0.571. The second kappa shape index (κ2) is 5.32. The largest absolute Gasteiger partial charge is 0.371 e. The minimum atomic E-state index is 0.995. The monoisotopic (exact) mass is 170 g/mol. The Bertz CT molecular complexity index is 121. The van der Waals surface area contributed by atoms with Gasteiger partial charge in [-0.15, -0.1) is 0 Å². The molecule has 1 N–H and O–H groups in total. The van der Waals surface area contributed by atoms with Gasteiger partial charge in [0.25, 0.3) is 0 Å². The first-order valence-electron chi connectivity index (χ1n) is 3.64. The van der Waals surface area contributed by atoms with Crippen LogP contribution in [0.3, 0.4) is 0 Å². The molecule has 0 bridgehead atoms. The first kappa shape index (κ1) is 8.74. The van der Waals surface area contributed by atoms with E-state index in [1.54, 1.807) is 0 Å². The van der Waals surface area contributed by atoms with Crippen LogP contribution < -0.4 is 11.1 Å². The normalized spacial score (nSPS) is 20.7. The van der Waals surface area contributed by atoms with Crippen LogP contribution in [0.2, 0.25) is 0 Å². The maximum atomic E-state index is 8.31. The molecule has 1 aliphatic rings. The Morgan fingerprint density at radius 3 is 2.73 bits per heavy atom. The van der Waals surface area contributed by atoms with Gasteiger partial charge in [0.1, 0.15) is 6.67 Å². The van der Waals surface area contributed by atoms with E-state index in [2.05, 4.69) is 10.2 Å². The van der Waals surface area contributed by atoms with Crippen molar-refractivity contribution in [2.24, 2.45) is 0 Å². The SMILES string of the molecule is [N]C=CN[CH]N1CCSCC1. The van der Waals surface area contributed by atoms with E-state index >= 15 is 0 Å². The summed E-state index contributed by atoms with van der Waals surface area (Å²) in [6.45, 7) is 4.08. The molecule has 11 heavy (non-hydrogen) atoms. The van der Waals surface area contributed by atoms with E-state index in [1.165, 1.54) is 17.7 Å². The molecular formula is C7H12N3S. The van der Waals surface area contributed by atoms with E-state index in [0.717, 1.165) is 19.3 Å². The van der Waals surface area contributed by atoms with Gasteiger partial charge >= 0.3 is 0 Å². The maximum Gasteiger partial charge on any atom is 0.114 e. The van der Waals surface area contributed by atoms with Gasteiger partial charge in [0, 0.05) is 30.8 Å². The molecule has 4 heteroatoms. The van der Waals surface area contributed by atoms with Crippen molar-refractivity contribution in [2.75, 3.05) is 24.6 Å². The lowest BCUT2D eigenvalue weighted by atomic mass is 10.5. The Kier molecular flexibility index (Phi) is 4.23. The average Bonchev–Trinajstić information content (AvgIpc) is 2.07. The van der Waals surface area contributed by atoms with Crippen LogP contribution in [0.1, 0.15) is 0 Å². The zero-order chi connectivity index (χ0) is 7.94. The molecule has 1 fully saturated rings. The van der Waals surface area contributed by atoms with Crippen LogP contribution >= 0.6 is 11.8 Å². The Balaban J connectivity index is 2.04. The number of hydrogen-bond acceptors (Lipinski definition) is 3. The van der Waals surface area contributed by atoms with Crippen LogP contribution in [0.5, 0.6) is 0 Å². The highest BCUT2D eigenvalue weighted by Gasteiger charge is 2.08. The van der Waals surface area contributed by atoms with E-state index in [-0.39, 0.29) is 0 Å². The highest BCUT2D eigenvalue weighted by atomic mass is 32.2. The molecule has 0 atom stereocenters. The predicted octanol–water partition coefficient (Wildman–Crippen LogP) is 0.284. The lowest BCUT2D eigenvalue weighted by Crippen LogP contribution is -2.34. The summed E-state index contributed by atoms with van der Waals surface area (Å²) in [6, 6.07) is 0. The molecule has 0 unspecified atom stereocenters. The third-order valence-electron chi connectivity index (χ3n) is 1.47. The van der Waals surface area contributed by atoms with Gasteiger partial charge in [-0.2, -0.15) is 17.5 Å². The quantitative estimate of drug-likeness (QED) is 0.661. The number of nitrogens with one attached hydrogen (secondary N) is 1. The summed E-state index contributed by atoms with van der Waals surface area (Å²) in [6.07, 6.45) is 2.50. The van der Waals surface area contributed by atoms with E-state index in [4.69, 9.17) is 5.73 Å². The fourth-order valence-corrected chi connectivity index (χ4v) is 1.83. The van der Waals surface area contributed by atoms with Crippen LogP contribution in [0.15, 0.2) is 12.4 Å². The van der Waals surface area contributed by atoms with Crippen LogP contribution in [-0.2, 0) is 0 Å². The highest BCUT2D eigenvalue weighted by molar-refractivity contribution is 7.99. The number of nitrogens with zero attached hydrogens (tertiary/aromatic N) is 2. The molecule has 0 aromatic rings. The number of rotatable bonds is 3. The second-order valence-corrected chi connectivity index (χ2v) is 3.48. The highest BCUT2D eigenvalue weighted by Crippen LogP contribution is 2.08. The summed E-state index contributed by atoms with van der Waals surface area (Å²) in [5.74, 6) is 2.39. The molecule has 0 aromatic carbocycles. The van der Waals surface area contributed by atoms with Crippen molar-refractivity contribution in [1.82, 2.24) is 16.0 Å². The van der Waals surface area contributed by atoms with Gasteiger partial charge in [0.15, 0.2) is 0 Å². The van der Waals surface area contributed by atoms with Crippen LogP contribution in [0, 0.1) is 6.67 Å². The van der Waals surface area contributed by atoms with Crippen LogP contribution in [0.4, 0.5) is 0 Å². The molecule has 1 rings (SSSR count). The van der Waals surface area contributed by atoms with Crippen molar-refractivity contribution in [3.8, 4) is 0 Å². The van der Waals surface area contributed by atoms with E-state index in [0.29, 0.717) is 0 Å². The summed E-state index contributed by atoms with van der Waals surface area (Å²) >= 11 is 1.98. The molecule has 1 aliphatic heterocycles. The molecule has 0 spiro atoms. The molecule has 3 nitrogen and oxygen atoms in total. The summed E-state index contributed by atoms with van der Waals surface area (Å²) in [4.78, 5) is 2.20. The maximum absolute atomic E-state index is 8.31. The molecule has 1 saturated heterocycles. The predicted molar refractivity (Wildman–Crippen MR) is 47.6 cm³/mol. The second-order valence-electron chi connectivity index (χ2n) is 2.26.